The lowest BCUT2D eigenvalue weighted by molar-refractivity contribution is 0.416. The van der Waals surface area contributed by atoms with Crippen molar-refractivity contribution in [3.63, 3.8) is 0 Å². The van der Waals surface area contributed by atoms with Crippen molar-refractivity contribution in [2.45, 2.75) is 6.92 Å². The smallest absolute Gasteiger partial charge is 0.145 e. The van der Waals surface area contributed by atoms with Gasteiger partial charge in [0.2, 0.25) is 0 Å². The quantitative estimate of drug-likeness (QED) is 0.546. The Hall–Kier alpha value is -2.33. The van der Waals surface area contributed by atoms with E-state index in [9.17, 15) is 0 Å². The van der Waals surface area contributed by atoms with Gasteiger partial charge < -0.3 is 9.15 Å². The molecular weight excluding hydrogens is 354 g/mol. The highest BCUT2D eigenvalue weighted by Crippen LogP contribution is 2.31. The van der Waals surface area contributed by atoms with Crippen LogP contribution < -0.4 is 4.74 Å². The highest BCUT2D eigenvalue weighted by Gasteiger charge is 2.08. The molecule has 0 atom stereocenters. The van der Waals surface area contributed by atoms with Gasteiger partial charge in [0, 0.05) is 10.0 Å². The number of nitrogens with zero attached hydrogens (tertiary/aromatic N) is 1. The molecular formula is C19H16BrNO2. The second-order valence-corrected chi connectivity index (χ2v) is 5.97. The van der Waals surface area contributed by atoms with E-state index in [-0.39, 0.29) is 0 Å². The van der Waals surface area contributed by atoms with E-state index in [0.717, 1.165) is 27.2 Å². The molecule has 0 radical (unpaired) electrons. The van der Waals surface area contributed by atoms with Crippen LogP contribution in [0.25, 0.3) is 11.3 Å². The summed E-state index contributed by atoms with van der Waals surface area (Å²) in [4.78, 5) is 4.44. The third-order valence-electron chi connectivity index (χ3n) is 3.43. The van der Waals surface area contributed by atoms with Crippen LogP contribution in [0.4, 0.5) is 5.69 Å². The van der Waals surface area contributed by atoms with Gasteiger partial charge in [-0.05, 0) is 48.9 Å². The molecule has 1 heterocycles. The van der Waals surface area contributed by atoms with Crippen LogP contribution in [-0.2, 0) is 0 Å². The minimum absolute atomic E-state index is 0.693. The van der Waals surface area contributed by atoms with Gasteiger partial charge in [-0.25, -0.2) is 4.99 Å². The fourth-order valence-electron chi connectivity index (χ4n) is 2.26. The van der Waals surface area contributed by atoms with Crippen molar-refractivity contribution in [2.75, 3.05) is 7.11 Å². The van der Waals surface area contributed by atoms with Gasteiger partial charge in [0.1, 0.15) is 23.0 Å². The molecule has 1 aromatic heterocycles. The van der Waals surface area contributed by atoms with Crippen LogP contribution in [0.15, 0.2) is 68.5 Å². The van der Waals surface area contributed by atoms with E-state index >= 15 is 0 Å². The third-order valence-corrected chi connectivity index (χ3v) is 4.09. The van der Waals surface area contributed by atoms with E-state index in [2.05, 4.69) is 40.0 Å². The molecule has 0 saturated carbocycles. The maximum Gasteiger partial charge on any atom is 0.145 e. The first-order chi connectivity index (χ1) is 11.2. The van der Waals surface area contributed by atoms with Gasteiger partial charge in [-0.15, -0.1) is 0 Å². The van der Waals surface area contributed by atoms with E-state index in [1.807, 2.05) is 42.5 Å². The first kappa shape index (κ1) is 15.6. The Balaban J connectivity index is 1.86. The molecule has 0 spiro atoms. The molecule has 3 rings (SSSR count). The predicted molar refractivity (Wildman–Crippen MR) is 96.8 cm³/mol. The molecule has 0 unspecified atom stereocenters. The maximum absolute atomic E-state index is 5.87. The van der Waals surface area contributed by atoms with Crippen LogP contribution in [0.5, 0.6) is 5.75 Å². The van der Waals surface area contributed by atoms with E-state index < -0.39 is 0 Å². The molecule has 0 aliphatic rings. The highest BCUT2D eigenvalue weighted by atomic mass is 79.9. The number of para-hydroxylation sites is 2. The second-order valence-electron chi connectivity index (χ2n) is 5.12. The average Bonchev–Trinajstić information content (AvgIpc) is 3.02. The zero-order chi connectivity index (χ0) is 16.2. The van der Waals surface area contributed by atoms with Gasteiger partial charge in [-0.2, -0.15) is 0 Å². The van der Waals surface area contributed by atoms with Crippen molar-refractivity contribution >= 4 is 27.8 Å². The van der Waals surface area contributed by atoms with E-state index in [1.165, 1.54) is 5.56 Å². The lowest BCUT2D eigenvalue weighted by atomic mass is 10.1. The first-order valence-corrected chi connectivity index (χ1v) is 8.00. The van der Waals surface area contributed by atoms with Crippen molar-refractivity contribution in [3.8, 4) is 17.1 Å². The Kier molecular flexibility index (Phi) is 4.63. The van der Waals surface area contributed by atoms with Crippen LogP contribution in [0.2, 0.25) is 0 Å². The number of furan rings is 1. The van der Waals surface area contributed by atoms with Crippen molar-refractivity contribution in [1.82, 2.24) is 0 Å². The highest BCUT2D eigenvalue weighted by molar-refractivity contribution is 9.10. The molecule has 116 valence electrons. The standard InChI is InChI=1S/C19H16BrNO2/c1-13-7-9-15(16(20)11-13)18-10-8-14(23-18)12-21-17-5-3-4-6-19(17)22-2/h3-12H,1-2H3. The molecule has 2 aromatic carbocycles. The first-order valence-electron chi connectivity index (χ1n) is 7.21. The van der Waals surface area contributed by atoms with Crippen LogP contribution in [-0.4, -0.2) is 13.3 Å². The third kappa shape index (κ3) is 3.54. The molecule has 0 amide bonds. The lowest BCUT2D eigenvalue weighted by Crippen LogP contribution is -1.83. The van der Waals surface area contributed by atoms with Gasteiger partial charge in [-0.3, -0.25) is 0 Å². The number of aliphatic imine (C=N–C) groups is 1. The summed E-state index contributed by atoms with van der Waals surface area (Å²) in [6, 6.07) is 17.6. The molecule has 3 aromatic rings. The summed E-state index contributed by atoms with van der Waals surface area (Å²) in [7, 11) is 1.63. The zero-order valence-electron chi connectivity index (χ0n) is 12.9. The molecule has 0 aliphatic carbocycles. The van der Waals surface area contributed by atoms with Gasteiger partial charge in [-0.1, -0.05) is 34.1 Å². The summed E-state index contributed by atoms with van der Waals surface area (Å²) in [6.07, 6.45) is 1.70. The number of hydrogen-bond donors (Lipinski definition) is 0. The molecule has 4 heteroatoms. The molecule has 0 fully saturated rings. The maximum atomic E-state index is 5.87. The number of hydrogen-bond acceptors (Lipinski definition) is 3. The minimum Gasteiger partial charge on any atom is -0.494 e. The molecule has 23 heavy (non-hydrogen) atoms. The van der Waals surface area contributed by atoms with Crippen molar-refractivity contribution in [3.05, 3.63) is 70.4 Å². The van der Waals surface area contributed by atoms with Crippen LogP contribution in [0, 0.1) is 6.92 Å². The largest absolute Gasteiger partial charge is 0.494 e. The zero-order valence-corrected chi connectivity index (χ0v) is 14.5. The Morgan fingerprint density at radius 1 is 1.09 bits per heavy atom. The Morgan fingerprint density at radius 3 is 2.70 bits per heavy atom. The molecule has 3 nitrogen and oxygen atoms in total. The van der Waals surface area contributed by atoms with Crippen LogP contribution >= 0.6 is 15.9 Å². The van der Waals surface area contributed by atoms with Crippen molar-refractivity contribution < 1.29 is 9.15 Å². The number of rotatable bonds is 4. The lowest BCUT2D eigenvalue weighted by Gasteiger charge is -2.02. The van der Waals surface area contributed by atoms with Gasteiger partial charge in [0.25, 0.3) is 0 Å². The summed E-state index contributed by atoms with van der Waals surface area (Å²) < 4.78 is 12.2. The summed E-state index contributed by atoms with van der Waals surface area (Å²) >= 11 is 3.58. The Labute approximate surface area is 143 Å². The number of ether oxygens (including phenoxy) is 1. The normalized spacial score (nSPS) is 11.1. The molecule has 0 saturated heterocycles. The molecule has 0 bridgehead atoms. The molecule has 0 aliphatic heterocycles. The second kappa shape index (κ2) is 6.84. The van der Waals surface area contributed by atoms with Crippen molar-refractivity contribution in [2.24, 2.45) is 4.99 Å². The Bertz CT molecular complexity index is 852. The number of methoxy groups -OCH3 is 1. The number of halogens is 1. The summed E-state index contributed by atoms with van der Waals surface area (Å²) in [6.45, 7) is 2.06. The average molecular weight is 370 g/mol. The summed E-state index contributed by atoms with van der Waals surface area (Å²) in [5.74, 6) is 2.23. The monoisotopic (exact) mass is 369 g/mol. The number of aryl methyl sites for hydroxylation is 1. The van der Waals surface area contributed by atoms with E-state index in [0.29, 0.717) is 5.76 Å². The summed E-state index contributed by atoms with van der Waals surface area (Å²) in [5, 5.41) is 0. The van der Waals surface area contributed by atoms with E-state index in [4.69, 9.17) is 9.15 Å². The predicted octanol–water partition coefficient (Wildman–Crippen LogP) is 5.78. The molecule has 0 N–H and O–H groups in total. The topological polar surface area (TPSA) is 34.7 Å². The fraction of sp³-hybridized carbons (Fsp3) is 0.105. The SMILES string of the molecule is COc1ccccc1N=Cc1ccc(-c2ccc(C)cc2Br)o1. The van der Waals surface area contributed by atoms with Crippen molar-refractivity contribution in [1.29, 1.82) is 0 Å². The van der Waals surface area contributed by atoms with Crippen LogP contribution in [0.1, 0.15) is 11.3 Å². The minimum atomic E-state index is 0.693. The van der Waals surface area contributed by atoms with Gasteiger partial charge in [0.15, 0.2) is 0 Å². The van der Waals surface area contributed by atoms with Gasteiger partial charge in [0.05, 0.1) is 13.3 Å². The van der Waals surface area contributed by atoms with Gasteiger partial charge >= 0.3 is 0 Å². The summed E-state index contributed by atoms with van der Waals surface area (Å²) in [5.41, 5.74) is 2.99. The Morgan fingerprint density at radius 2 is 1.91 bits per heavy atom. The number of benzene rings is 2. The fourth-order valence-corrected chi connectivity index (χ4v) is 2.95. The van der Waals surface area contributed by atoms with Crippen LogP contribution in [0.3, 0.4) is 0 Å². The van der Waals surface area contributed by atoms with E-state index in [1.54, 1.807) is 13.3 Å².